The quantitative estimate of drug-likeness (QED) is 0.803. The van der Waals surface area contributed by atoms with Gasteiger partial charge in [-0.3, -0.25) is 4.79 Å². The molecule has 0 saturated carbocycles. The lowest BCUT2D eigenvalue weighted by Crippen LogP contribution is -2.05. The second-order valence-corrected chi connectivity index (χ2v) is 4.75. The van der Waals surface area contributed by atoms with Gasteiger partial charge >= 0.3 is 0 Å². The summed E-state index contributed by atoms with van der Waals surface area (Å²) in [5.74, 6) is 0.187. The van der Waals surface area contributed by atoms with E-state index in [0.717, 1.165) is 27.8 Å². The predicted molar refractivity (Wildman–Crippen MR) is 63.9 cm³/mol. The Morgan fingerprint density at radius 1 is 1.31 bits per heavy atom. The van der Waals surface area contributed by atoms with E-state index >= 15 is 0 Å². The number of hydrogen-bond acceptors (Lipinski definition) is 2. The Morgan fingerprint density at radius 2 is 2.19 bits per heavy atom. The minimum Gasteiger partial charge on any atom is -0.292 e. The van der Waals surface area contributed by atoms with Crippen LogP contribution in [0.5, 0.6) is 0 Å². The van der Waals surface area contributed by atoms with Gasteiger partial charge in [-0.2, -0.15) is 5.10 Å². The molecule has 0 unspecified atom stereocenters. The molecule has 1 aliphatic carbocycles. The molecular formula is C12H9BrN2O. The number of hydrogen-bond donors (Lipinski definition) is 0. The second-order valence-electron chi connectivity index (χ2n) is 3.83. The number of fused-ring (bicyclic) bond motifs is 1. The van der Waals surface area contributed by atoms with E-state index in [1.807, 2.05) is 24.3 Å². The fraction of sp³-hybridized carbons (Fsp3) is 0.167. The molecule has 0 amide bonds. The minimum atomic E-state index is 0.187. The van der Waals surface area contributed by atoms with Crippen LogP contribution in [-0.4, -0.2) is 15.6 Å². The topological polar surface area (TPSA) is 34.9 Å². The van der Waals surface area contributed by atoms with Crippen molar-refractivity contribution in [2.45, 2.75) is 12.8 Å². The fourth-order valence-corrected chi connectivity index (χ4v) is 2.42. The molecule has 16 heavy (non-hydrogen) atoms. The number of halogens is 1. The number of benzene rings is 1. The van der Waals surface area contributed by atoms with Gasteiger partial charge in [0.25, 0.3) is 0 Å². The van der Waals surface area contributed by atoms with Crippen LogP contribution in [0.4, 0.5) is 0 Å². The average molecular weight is 277 g/mol. The molecule has 1 heterocycles. The standard InChI is InChI=1S/C12H9BrN2O/c13-9-2-1-3-10(6-9)15-12-8(7-14-15)4-5-11(12)16/h1-3,6-7H,4-5H2. The van der Waals surface area contributed by atoms with Crippen LogP contribution in [0.15, 0.2) is 34.9 Å². The Bertz CT molecular complexity index is 574. The monoisotopic (exact) mass is 276 g/mol. The van der Waals surface area contributed by atoms with Crippen molar-refractivity contribution in [3.05, 3.63) is 46.2 Å². The van der Waals surface area contributed by atoms with Crippen molar-refractivity contribution >= 4 is 21.7 Å². The zero-order chi connectivity index (χ0) is 11.1. The molecule has 0 atom stereocenters. The van der Waals surface area contributed by atoms with Crippen molar-refractivity contribution in [1.82, 2.24) is 9.78 Å². The normalized spacial score (nSPS) is 14.2. The van der Waals surface area contributed by atoms with Gasteiger partial charge in [-0.25, -0.2) is 4.68 Å². The lowest BCUT2D eigenvalue weighted by molar-refractivity contribution is 0.0987. The van der Waals surface area contributed by atoms with E-state index in [2.05, 4.69) is 21.0 Å². The van der Waals surface area contributed by atoms with Gasteiger partial charge in [0.15, 0.2) is 5.78 Å². The molecule has 4 heteroatoms. The van der Waals surface area contributed by atoms with Crippen molar-refractivity contribution in [3.63, 3.8) is 0 Å². The fourth-order valence-electron chi connectivity index (χ4n) is 2.03. The van der Waals surface area contributed by atoms with Gasteiger partial charge in [-0.15, -0.1) is 0 Å². The summed E-state index contributed by atoms with van der Waals surface area (Å²) >= 11 is 3.42. The molecule has 1 aromatic heterocycles. The van der Waals surface area contributed by atoms with Crippen LogP contribution in [0.25, 0.3) is 5.69 Å². The first kappa shape index (κ1) is 9.78. The second kappa shape index (κ2) is 3.56. The van der Waals surface area contributed by atoms with Crippen LogP contribution in [0.1, 0.15) is 22.5 Å². The first-order chi connectivity index (χ1) is 7.75. The summed E-state index contributed by atoms with van der Waals surface area (Å²) in [5.41, 5.74) is 2.73. The first-order valence-electron chi connectivity index (χ1n) is 5.12. The Balaban J connectivity index is 2.18. The van der Waals surface area contributed by atoms with Gasteiger partial charge in [0.2, 0.25) is 0 Å². The predicted octanol–water partition coefficient (Wildman–Crippen LogP) is 2.76. The van der Waals surface area contributed by atoms with Crippen LogP contribution < -0.4 is 0 Å². The SMILES string of the molecule is O=C1CCc2cnn(-c3cccc(Br)c3)c21. The Labute approximate surface area is 101 Å². The highest BCUT2D eigenvalue weighted by Crippen LogP contribution is 2.25. The Hall–Kier alpha value is -1.42. The van der Waals surface area contributed by atoms with Gasteiger partial charge in [0.05, 0.1) is 11.9 Å². The highest BCUT2D eigenvalue weighted by atomic mass is 79.9. The number of rotatable bonds is 1. The van der Waals surface area contributed by atoms with Crippen LogP contribution >= 0.6 is 15.9 Å². The zero-order valence-corrected chi connectivity index (χ0v) is 10.1. The highest BCUT2D eigenvalue weighted by molar-refractivity contribution is 9.10. The maximum atomic E-state index is 11.7. The molecule has 3 nitrogen and oxygen atoms in total. The number of carbonyl (C=O) groups is 1. The van der Waals surface area contributed by atoms with Gasteiger partial charge in [0.1, 0.15) is 5.69 Å². The molecule has 0 saturated heterocycles. The van der Waals surface area contributed by atoms with Gasteiger partial charge in [-0.05, 0) is 24.6 Å². The molecule has 0 spiro atoms. The largest absolute Gasteiger partial charge is 0.292 e. The molecule has 1 aromatic carbocycles. The minimum absolute atomic E-state index is 0.187. The van der Waals surface area contributed by atoms with Gasteiger partial charge in [-0.1, -0.05) is 22.0 Å². The summed E-state index contributed by atoms with van der Waals surface area (Å²) in [7, 11) is 0. The number of carbonyl (C=O) groups excluding carboxylic acids is 1. The maximum absolute atomic E-state index is 11.7. The van der Waals surface area contributed by atoms with Crippen molar-refractivity contribution in [1.29, 1.82) is 0 Å². The third-order valence-corrected chi connectivity index (χ3v) is 3.28. The number of nitrogens with zero attached hydrogens (tertiary/aromatic N) is 2. The lowest BCUT2D eigenvalue weighted by atomic mass is 10.2. The van der Waals surface area contributed by atoms with E-state index in [4.69, 9.17) is 0 Å². The molecule has 2 aromatic rings. The first-order valence-corrected chi connectivity index (χ1v) is 5.91. The van der Waals surface area contributed by atoms with E-state index in [0.29, 0.717) is 6.42 Å². The summed E-state index contributed by atoms with van der Waals surface area (Å²) in [6.07, 6.45) is 3.23. The number of ketones is 1. The molecular weight excluding hydrogens is 268 g/mol. The smallest absolute Gasteiger partial charge is 0.181 e. The van der Waals surface area contributed by atoms with E-state index < -0.39 is 0 Å². The third kappa shape index (κ3) is 1.41. The van der Waals surface area contributed by atoms with E-state index in [1.165, 1.54) is 0 Å². The van der Waals surface area contributed by atoms with E-state index in [-0.39, 0.29) is 5.78 Å². The van der Waals surface area contributed by atoms with Crippen molar-refractivity contribution in [3.8, 4) is 5.69 Å². The number of aryl methyl sites for hydroxylation is 1. The summed E-state index contributed by atoms with van der Waals surface area (Å²) in [6.45, 7) is 0. The molecule has 0 aliphatic heterocycles. The Morgan fingerprint density at radius 3 is 3.00 bits per heavy atom. The van der Waals surface area contributed by atoms with E-state index in [9.17, 15) is 4.79 Å². The summed E-state index contributed by atoms with van der Waals surface area (Å²) in [6, 6.07) is 7.80. The van der Waals surface area contributed by atoms with Crippen LogP contribution in [0.2, 0.25) is 0 Å². The van der Waals surface area contributed by atoms with Gasteiger partial charge < -0.3 is 0 Å². The lowest BCUT2D eigenvalue weighted by Gasteiger charge is -2.04. The van der Waals surface area contributed by atoms with Crippen LogP contribution in [0.3, 0.4) is 0 Å². The summed E-state index contributed by atoms with van der Waals surface area (Å²) in [4.78, 5) is 11.7. The number of aromatic nitrogens is 2. The van der Waals surface area contributed by atoms with Crippen molar-refractivity contribution in [2.24, 2.45) is 0 Å². The summed E-state index contributed by atoms with van der Waals surface area (Å²) < 4.78 is 2.72. The van der Waals surface area contributed by atoms with E-state index in [1.54, 1.807) is 10.9 Å². The third-order valence-electron chi connectivity index (χ3n) is 2.78. The van der Waals surface area contributed by atoms with Crippen LogP contribution in [-0.2, 0) is 6.42 Å². The molecule has 1 aliphatic rings. The molecule has 0 radical (unpaired) electrons. The number of Topliss-reactive ketones (excluding diaryl/α,β-unsaturated/α-hetero) is 1. The average Bonchev–Trinajstić information content (AvgIpc) is 2.82. The Kier molecular flexibility index (Phi) is 2.17. The zero-order valence-electron chi connectivity index (χ0n) is 8.48. The molecule has 0 fully saturated rings. The van der Waals surface area contributed by atoms with Crippen molar-refractivity contribution < 1.29 is 4.79 Å². The molecule has 3 rings (SSSR count). The molecule has 0 N–H and O–H groups in total. The van der Waals surface area contributed by atoms with Crippen LogP contribution in [0, 0.1) is 0 Å². The molecule has 80 valence electrons. The molecule has 0 bridgehead atoms. The maximum Gasteiger partial charge on any atom is 0.181 e. The summed E-state index contributed by atoms with van der Waals surface area (Å²) in [5, 5.41) is 4.27. The highest BCUT2D eigenvalue weighted by Gasteiger charge is 2.25. The van der Waals surface area contributed by atoms with Crippen molar-refractivity contribution in [2.75, 3.05) is 0 Å². The van der Waals surface area contributed by atoms with Gasteiger partial charge in [0, 0.05) is 16.5 Å².